The van der Waals surface area contributed by atoms with E-state index < -0.39 is 7.12 Å². The van der Waals surface area contributed by atoms with Crippen molar-refractivity contribution in [1.82, 2.24) is 9.97 Å². The van der Waals surface area contributed by atoms with Crippen LogP contribution in [0.5, 0.6) is 0 Å². The second-order valence-corrected chi connectivity index (χ2v) is 2.69. The van der Waals surface area contributed by atoms with Crippen molar-refractivity contribution in [1.29, 1.82) is 0 Å². The molecule has 0 aromatic carbocycles. The molecular weight excluding hydrogens is 171 g/mol. The van der Waals surface area contributed by atoms with Crippen molar-refractivity contribution in [2.45, 2.75) is 13.3 Å². The predicted molar refractivity (Wildman–Crippen MR) is 46.2 cm³/mol. The van der Waals surface area contributed by atoms with Gasteiger partial charge in [0.25, 0.3) is 0 Å². The summed E-state index contributed by atoms with van der Waals surface area (Å²) in [6.45, 7) is 1.44. The van der Waals surface area contributed by atoms with Crippen LogP contribution in [0.15, 0.2) is 12.4 Å². The van der Waals surface area contributed by atoms with Gasteiger partial charge in [0.2, 0.25) is 0 Å². The van der Waals surface area contributed by atoms with Crippen LogP contribution in [0.2, 0.25) is 0 Å². The first-order valence-corrected chi connectivity index (χ1v) is 3.76. The number of Topliss-reactive ketones (excluding diaryl/α,β-unsaturated/α-hetero) is 1. The van der Waals surface area contributed by atoms with Gasteiger partial charge >= 0.3 is 7.12 Å². The molecule has 5 nitrogen and oxygen atoms in total. The number of rotatable bonds is 3. The van der Waals surface area contributed by atoms with E-state index in [4.69, 9.17) is 10.0 Å². The summed E-state index contributed by atoms with van der Waals surface area (Å²) in [4.78, 5) is 18.2. The van der Waals surface area contributed by atoms with Crippen molar-refractivity contribution in [3.8, 4) is 0 Å². The second kappa shape index (κ2) is 4.11. The lowest BCUT2D eigenvalue weighted by molar-refractivity contribution is -0.116. The highest BCUT2D eigenvalue weighted by atomic mass is 16.4. The molecule has 0 aliphatic heterocycles. The summed E-state index contributed by atoms with van der Waals surface area (Å²) in [5.74, 6) is 0.356. The Morgan fingerprint density at radius 3 is 2.38 bits per heavy atom. The third kappa shape index (κ3) is 2.92. The zero-order valence-electron chi connectivity index (χ0n) is 7.14. The van der Waals surface area contributed by atoms with Crippen LogP contribution in [0.4, 0.5) is 0 Å². The summed E-state index contributed by atoms with van der Waals surface area (Å²) in [7, 11) is -1.56. The Morgan fingerprint density at radius 1 is 1.46 bits per heavy atom. The van der Waals surface area contributed by atoms with Crippen LogP contribution in [0.25, 0.3) is 0 Å². The summed E-state index contributed by atoms with van der Waals surface area (Å²) in [6.07, 6.45) is 2.74. The van der Waals surface area contributed by atoms with Gasteiger partial charge in [-0.3, -0.25) is 4.79 Å². The summed E-state index contributed by atoms with van der Waals surface area (Å²) in [6, 6.07) is 0. The van der Waals surface area contributed by atoms with E-state index in [1.807, 2.05) is 0 Å². The van der Waals surface area contributed by atoms with E-state index in [0.29, 0.717) is 5.82 Å². The quantitative estimate of drug-likeness (QED) is 0.541. The fourth-order valence-corrected chi connectivity index (χ4v) is 0.812. The summed E-state index contributed by atoms with van der Waals surface area (Å²) in [5, 5.41) is 17.4. The first-order valence-electron chi connectivity index (χ1n) is 3.76. The fraction of sp³-hybridized carbons (Fsp3) is 0.286. The van der Waals surface area contributed by atoms with Crippen LogP contribution in [0.1, 0.15) is 12.7 Å². The first kappa shape index (κ1) is 9.82. The minimum Gasteiger partial charge on any atom is -0.423 e. The second-order valence-electron chi connectivity index (χ2n) is 2.69. The van der Waals surface area contributed by atoms with E-state index in [0.717, 1.165) is 0 Å². The van der Waals surface area contributed by atoms with E-state index in [-0.39, 0.29) is 17.7 Å². The maximum atomic E-state index is 10.7. The number of aromatic nitrogens is 2. The summed E-state index contributed by atoms with van der Waals surface area (Å²) < 4.78 is 0. The smallest absolute Gasteiger partial charge is 0.423 e. The van der Waals surface area contributed by atoms with Crippen molar-refractivity contribution in [2.24, 2.45) is 0 Å². The van der Waals surface area contributed by atoms with E-state index in [2.05, 4.69) is 9.97 Å². The molecule has 2 N–H and O–H groups in total. The minimum absolute atomic E-state index is 0.0303. The molecule has 0 amide bonds. The molecular formula is C7H9BN2O3. The van der Waals surface area contributed by atoms with E-state index in [9.17, 15) is 4.79 Å². The standard InChI is InChI=1S/C7H9BN2O3/c1-5(11)2-7-9-3-6(4-10-7)8(12)13/h3-4,12-13H,2H2,1H3. The van der Waals surface area contributed by atoms with Crippen LogP contribution in [-0.2, 0) is 11.2 Å². The lowest BCUT2D eigenvalue weighted by Crippen LogP contribution is -2.31. The van der Waals surface area contributed by atoms with E-state index in [1.165, 1.54) is 19.3 Å². The average Bonchev–Trinajstić information content (AvgIpc) is 2.04. The summed E-state index contributed by atoms with van der Waals surface area (Å²) >= 11 is 0. The third-order valence-electron chi connectivity index (χ3n) is 1.43. The molecule has 0 atom stereocenters. The first-order chi connectivity index (χ1) is 6.09. The van der Waals surface area contributed by atoms with Gasteiger partial charge in [-0.2, -0.15) is 0 Å². The van der Waals surface area contributed by atoms with Crippen molar-refractivity contribution in [2.75, 3.05) is 0 Å². The Hall–Kier alpha value is -1.27. The van der Waals surface area contributed by atoms with Gasteiger partial charge < -0.3 is 10.0 Å². The van der Waals surface area contributed by atoms with Crippen molar-refractivity contribution in [3.63, 3.8) is 0 Å². The van der Waals surface area contributed by atoms with Gasteiger partial charge in [0.1, 0.15) is 11.6 Å². The molecule has 0 radical (unpaired) electrons. The van der Waals surface area contributed by atoms with Gasteiger partial charge in [-0.25, -0.2) is 9.97 Å². The van der Waals surface area contributed by atoms with Crippen LogP contribution < -0.4 is 5.46 Å². The average molecular weight is 180 g/mol. The lowest BCUT2D eigenvalue weighted by atomic mass is 9.83. The molecule has 1 aromatic heterocycles. The minimum atomic E-state index is -1.56. The Balaban J connectivity index is 2.75. The molecule has 6 heteroatoms. The SMILES string of the molecule is CC(=O)Cc1ncc(B(O)O)cn1. The molecule has 0 aliphatic carbocycles. The summed E-state index contributed by atoms with van der Waals surface area (Å²) in [5.41, 5.74) is 0.215. The maximum absolute atomic E-state index is 10.7. The molecule has 13 heavy (non-hydrogen) atoms. The van der Waals surface area contributed by atoms with Crippen molar-refractivity contribution < 1.29 is 14.8 Å². The highest BCUT2D eigenvalue weighted by Crippen LogP contribution is 1.89. The molecule has 0 bridgehead atoms. The number of hydrogen-bond donors (Lipinski definition) is 2. The highest BCUT2D eigenvalue weighted by molar-refractivity contribution is 6.58. The Labute approximate surface area is 75.6 Å². The maximum Gasteiger partial charge on any atom is 0.491 e. The number of nitrogens with zero attached hydrogens (tertiary/aromatic N) is 2. The van der Waals surface area contributed by atoms with E-state index in [1.54, 1.807) is 0 Å². The molecule has 68 valence electrons. The van der Waals surface area contributed by atoms with Crippen molar-refractivity contribution in [3.05, 3.63) is 18.2 Å². The van der Waals surface area contributed by atoms with Crippen LogP contribution in [0.3, 0.4) is 0 Å². The van der Waals surface area contributed by atoms with Crippen molar-refractivity contribution >= 4 is 18.4 Å². The Bertz CT molecular complexity index is 299. The van der Waals surface area contributed by atoms with Gasteiger partial charge in [-0.1, -0.05) is 0 Å². The third-order valence-corrected chi connectivity index (χ3v) is 1.43. The van der Waals surface area contributed by atoms with Crippen LogP contribution in [0, 0.1) is 0 Å². The molecule has 0 unspecified atom stereocenters. The fourth-order valence-electron chi connectivity index (χ4n) is 0.812. The van der Waals surface area contributed by atoms with Gasteiger partial charge in [0, 0.05) is 17.9 Å². The molecule has 0 spiro atoms. The monoisotopic (exact) mass is 180 g/mol. The molecule has 1 aromatic rings. The zero-order chi connectivity index (χ0) is 9.84. The molecule has 0 aliphatic rings. The number of hydrogen-bond acceptors (Lipinski definition) is 5. The largest absolute Gasteiger partial charge is 0.491 e. The Morgan fingerprint density at radius 2 is 2.00 bits per heavy atom. The topological polar surface area (TPSA) is 83.3 Å². The van der Waals surface area contributed by atoms with Crippen LogP contribution >= 0.6 is 0 Å². The van der Waals surface area contributed by atoms with Gasteiger partial charge in [-0.05, 0) is 6.92 Å². The zero-order valence-corrected chi connectivity index (χ0v) is 7.14. The molecule has 1 rings (SSSR count). The van der Waals surface area contributed by atoms with Gasteiger partial charge in [0.15, 0.2) is 0 Å². The molecule has 0 saturated carbocycles. The van der Waals surface area contributed by atoms with Crippen LogP contribution in [-0.4, -0.2) is 32.9 Å². The number of carbonyl (C=O) groups excluding carboxylic acids is 1. The molecule has 0 fully saturated rings. The number of ketones is 1. The number of carbonyl (C=O) groups is 1. The normalized spacial score (nSPS) is 9.77. The lowest BCUT2D eigenvalue weighted by Gasteiger charge is -1.99. The Kier molecular flexibility index (Phi) is 3.10. The molecule has 0 saturated heterocycles. The van der Waals surface area contributed by atoms with E-state index >= 15 is 0 Å². The highest BCUT2D eigenvalue weighted by Gasteiger charge is 2.11. The predicted octanol–water partition coefficient (Wildman–Crippen LogP) is -1.71. The van der Waals surface area contributed by atoms with Gasteiger partial charge in [0.05, 0.1) is 6.42 Å². The molecule has 1 heterocycles. The van der Waals surface area contributed by atoms with Gasteiger partial charge in [-0.15, -0.1) is 0 Å².